The summed E-state index contributed by atoms with van der Waals surface area (Å²) >= 11 is 0. The summed E-state index contributed by atoms with van der Waals surface area (Å²) in [5, 5.41) is 2.38. The van der Waals surface area contributed by atoms with Crippen LogP contribution in [0.3, 0.4) is 0 Å². The van der Waals surface area contributed by atoms with Gasteiger partial charge in [0.05, 0.1) is 18.4 Å². The van der Waals surface area contributed by atoms with Crippen LogP contribution in [0.25, 0.3) is 0 Å². The minimum absolute atomic E-state index is 0.158. The molecule has 0 aromatic heterocycles. The Hall–Kier alpha value is -2.45. The van der Waals surface area contributed by atoms with Gasteiger partial charge in [0.15, 0.2) is 6.61 Å². The number of likely N-dealkylation sites (tertiary alicyclic amines) is 1. The van der Waals surface area contributed by atoms with Crippen molar-refractivity contribution < 1.29 is 28.7 Å². The molecule has 9 heteroatoms. The van der Waals surface area contributed by atoms with Gasteiger partial charge in [0.1, 0.15) is 6.04 Å². The SMILES string of the molecule is CNC(=O)CN(C)C(=O)COC(=O)[C@H](C)N1C(=O)[C@H]2CCCC[C@@H]2C1=O. The predicted molar refractivity (Wildman–Crippen MR) is 89.4 cm³/mol. The van der Waals surface area contributed by atoms with Gasteiger partial charge in [-0.2, -0.15) is 0 Å². The second kappa shape index (κ2) is 8.29. The van der Waals surface area contributed by atoms with Gasteiger partial charge in [-0.15, -0.1) is 0 Å². The third kappa shape index (κ3) is 4.03. The fourth-order valence-corrected chi connectivity index (χ4v) is 3.42. The Labute approximate surface area is 152 Å². The van der Waals surface area contributed by atoms with Crippen molar-refractivity contribution in [3.05, 3.63) is 0 Å². The number of hydrogen-bond acceptors (Lipinski definition) is 6. The highest BCUT2D eigenvalue weighted by Gasteiger charge is 2.51. The molecule has 144 valence electrons. The van der Waals surface area contributed by atoms with E-state index in [9.17, 15) is 24.0 Å². The van der Waals surface area contributed by atoms with Gasteiger partial charge >= 0.3 is 5.97 Å². The Kier molecular flexibility index (Phi) is 6.33. The van der Waals surface area contributed by atoms with Crippen molar-refractivity contribution >= 4 is 29.6 Å². The molecular weight excluding hydrogens is 342 g/mol. The Morgan fingerprint density at radius 1 is 1.19 bits per heavy atom. The van der Waals surface area contributed by atoms with Crippen LogP contribution in [0.15, 0.2) is 0 Å². The van der Waals surface area contributed by atoms with Crippen LogP contribution in [0.5, 0.6) is 0 Å². The molecule has 1 saturated heterocycles. The molecule has 3 atom stereocenters. The van der Waals surface area contributed by atoms with E-state index in [1.54, 1.807) is 0 Å². The molecule has 1 saturated carbocycles. The van der Waals surface area contributed by atoms with Crippen LogP contribution < -0.4 is 5.32 Å². The molecule has 1 N–H and O–H groups in total. The van der Waals surface area contributed by atoms with Crippen LogP contribution in [-0.4, -0.2) is 72.7 Å². The maximum absolute atomic E-state index is 12.5. The first-order chi connectivity index (χ1) is 12.3. The van der Waals surface area contributed by atoms with E-state index >= 15 is 0 Å². The fourth-order valence-electron chi connectivity index (χ4n) is 3.42. The van der Waals surface area contributed by atoms with Crippen LogP contribution in [-0.2, 0) is 28.7 Å². The van der Waals surface area contributed by atoms with Gasteiger partial charge in [-0.3, -0.25) is 24.1 Å². The number of carbonyl (C=O) groups is 5. The zero-order chi connectivity index (χ0) is 19.4. The van der Waals surface area contributed by atoms with Gasteiger partial charge in [0, 0.05) is 14.1 Å². The molecule has 0 radical (unpaired) electrons. The van der Waals surface area contributed by atoms with Gasteiger partial charge < -0.3 is 15.0 Å². The lowest BCUT2D eigenvalue weighted by Gasteiger charge is -2.22. The number of likely N-dealkylation sites (N-methyl/N-ethyl adjacent to an activating group) is 2. The van der Waals surface area contributed by atoms with Crippen LogP contribution in [0.1, 0.15) is 32.6 Å². The van der Waals surface area contributed by atoms with E-state index < -0.39 is 24.5 Å². The lowest BCUT2D eigenvalue weighted by molar-refractivity contribution is -0.161. The molecule has 2 fully saturated rings. The number of hydrogen-bond donors (Lipinski definition) is 1. The number of ether oxygens (including phenoxy) is 1. The van der Waals surface area contributed by atoms with E-state index in [4.69, 9.17) is 4.74 Å². The van der Waals surface area contributed by atoms with E-state index in [0.717, 1.165) is 22.6 Å². The number of fused-ring (bicyclic) bond motifs is 1. The number of amides is 4. The summed E-state index contributed by atoms with van der Waals surface area (Å²) in [6, 6.07) is -1.07. The highest BCUT2D eigenvalue weighted by molar-refractivity contribution is 6.07. The number of esters is 1. The third-order valence-corrected chi connectivity index (χ3v) is 5.03. The minimum Gasteiger partial charge on any atom is -0.454 e. The molecular formula is C17H25N3O6. The fraction of sp³-hybridized carbons (Fsp3) is 0.706. The first-order valence-corrected chi connectivity index (χ1v) is 8.76. The molecule has 1 aliphatic heterocycles. The number of nitrogens with zero attached hydrogens (tertiary/aromatic N) is 2. The normalized spacial score (nSPS) is 23.3. The van der Waals surface area contributed by atoms with Gasteiger partial charge in [-0.25, -0.2) is 4.79 Å². The summed E-state index contributed by atoms with van der Waals surface area (Å²) in [5.41, 5.74) is 0. The highest BCUT2D eigenvalue weighted by atomic mass is 16.5. The molecule has 0 bridgehead atoms. The lowest BCUT2D eigenvalue weighted by atomic mass is 9.81. The van der Waals surface area contributed by atoms with Crippen molar-refractivity contribution in [2.45, 2.75) is 38.6 Å². The quantitative estimate of drug-likeness (QED) is 0.490. The largest absolute Gasteiger partial charge is 0.454 e. The van der Waals surface area contributed by atoms with E-state index in [1.165, 1.54) is 21.0 Å². The third-order valence-electron chi connectivity index (χ3n) is 5.03. The number of rotatable bonds is 6. The van der Waals surface area contributed by atoms with E-state index in [2.05, 4.69) is 5.32 Å². The Morgan fingerprint density at radius 3 is 2.23 bits per heavy atom. The van der Waals surface area contributed by atoms with Crippen molar-refractivity contribution in [3.8, 4) is 0 Å². The van der Waals surface area contributed by atoms with Gasteiger partial charge in [0.2, 0.25) is 17.7 Å². The van der Waals surface area contributed by atoms with E-state index in [1.807, 2.05) is 0 Å². The summed E-state index contributed by atoms with van der Waals surface area (Å²) in [6.45, 7) is 0.711. The van der Waals surface area contributed by atoms with Crippen molar-refractivity contribution in [1.29, 1.82) is 0 Å². The summed E-state index contributed by atoms with van der Waals surface area (Å²) in [5.74, 6) is -3.05. The van der Waals surface area contributed by atoms with E-state index in [0.29, 0.717) is 12.8 Å². The molecule has 9 nitrogen and oxygen atoms in total. The second-order valence-electron chi connectivity index (χ2n) is 6.75. The van der Waals surface area contributed by atoms with Crippen molar-refractivity contribution in [2.24, 2.45) is 11.8 Å². The van der Waals surface area contributed by atoms with Crippen LogP contribution in [0, 0.1) is 11.8 Å². The van der Waals surface area contributed by atoms with Crippen molar-refractivity contribution in [2.75, 3.05) is 27.2 Å². The molecule has 1 heterocycles. The number of imide groups is 1. The smallest absolute Gasteiger partial charge is 0.329 e. The van der Waals surface area contributed by atoms with Crippen LogP contribution >= 0.6 is 0 Å². The van der Waals surface area contributed by atoms with Crippen LogP contribution in [0.4, 0.5) is 0 Å². The zero-order valence-electron chi connectivity index (χ0n) is 15.3. The Balaban J connectivity index is 1.91. The molecule has 0 spiro atoms. The molecule has 2 rings (SSSR count). The van der Waals surface area contributed by atoms with Crippen molar-refractivity contribution in [1.82, 2.24) is 15.1 Å². The maximum atomic E-state index is 12.5. The molecule has 26 heavy (non-hydrogen) atoms. The molecule has 0 unspecified atom stereocenters. The molecule has 0 aromatic carbocycles. The first kappa shape index (κ1) is 19.9. The van der Waals surface area contributed by atoms with E-state index in [-0.39, 0.29) is 36.1 Å². The van der Waals surface area contributed by atoms with Gasteiger partial charge in [-0.05, 0) is 19.8 Å². The molecule has 4 amide bonds. The molecule has 0 aromatic rings. The Bertz CT molecular complexity index is 596. The molecule has 1 aliphatic carbocycles. The van der Waals surface area contributed by atoms with Gasteiger partial charge in [-0.1, -0.05) is 12.8 Å². The maximum Gasteiger partial charge on any atom is 0.329 e. The minimum atomic E-state index is -1.07. The number of nitrogens with one attached hydrogen (secondary N) is 1. The number of carbonyl (C=O) groups excluding carboxylic acids is 5. The molecule has 2 aliphatic rings. The first-order valence-electron chi connectivity index (χ1n) is 8.76. The van der Waals surface area contributed by atoms with Gasteiger partial charge in [0.25, 0.3) is 5.91 Å². The average molecular weight is 367 g/mol. The Morgan fingerprint density at radius 2 is 1.73 bits per heavy atom. The highest BCUT2D eigenvalue weighted by Crippen LogP contribution is 2.38. The second-order valence-corrected chi connectivity index (χ2v) is 6.75. The summed E-state index contributed by atoms with van der Waals surface area (Å²) in [7, 11) is 2.86. The van der Waals surface area contributed by atoms with Crippen molar-refractivity contribution in [3.63, 3.8) is 0 Å². The summed E-state index contributed by atoms with van der Waals surface area (Å²) in [6.07, 6.45) is 3.13. The predicted octanol–water partition coefficient (Wildman–Crippen LogP) is -0.702. The standard InChI is InChI=1S/C17H25N3O6/c1-10(17(25)26-9-14(22)19(3)8-13(21)18-2)20-15(23)11-6-4-5-7-12(11)16(20)24/h10-12H,4-9H2,1-3H3,(H,18,21)/t10-,11-,12-/m0/s1. The average Bonchev–Trinajstić information content (AvgIpc) is 2.89. The summed E-state index contributed by atoms with van der Waals surface area (Å²) < 4.78 is 4.96. The topological polar surface area (TPSA) is 113 Å². The lowest BCUT2D eigenvalue weighted by Crippen LogP contribution is -2.45. The zero-order valence-corrected chi connectivity index (χ0v) is 15.3. The van der Waals surface area contributed by atoms with Crippen LogP contribution in [0.2, 0.25) is 0 Å². The monoisotopic (exact) mass is 367 g/mol. The summed E-state index contributed by atoms with van der Waals surface area (Å²) in [4.78, 5) is 62.4.